The van der Waals surface area contributed by atoms with E-state index in [0.717, 1.165) is 0 Å². The molecule has 2 atom stereocenters. The first-order chi connectivity index (χ1) is 7.27. The Balaban J connectivity index is 1.97. The highest BCUT2D eigenvalue weighted by Gasteiger charge is 2.51. The molecular formula is C12H6Br2O. The summed E-state index contributed by atoms with van der Waals surface area (Å²) in [5.41, 5.74) is 5.41. The van der Waals surface area contributed by atoms with Crippen molar-refractivity contribution in [1.82, 2.24) is 0 Å². The van der Waals surface area contributed by atoms with Crippen LogP contribution < -0.4 is 0 Å². The fraction of sp³-hybridized carbons (Fsp3) is 0.167. The smallest absolute Gasteiger partial charge is 0.120 e. The highest BCUT2D eigenvalue weighted by Crippen LogP contribution is 2.57. The zero-order valence-corrected chi connectivity index (χ0v) is 10.8. The molecule has 2 unspecified atom stereocenters. The predicted octanol–water partition coefficient (Wildman–Crippen LogP) is 3.73. The van der Waals surface area contributed by atoms with Crippen LogP contribution in [0.15, 0.2) is 33.2 Å². The first-order valence-corrected chi connectivity index (χ1v) is 6.42. The van der Waals surface area contributed by atoms with Crippen LogP contribution in [0.4, 0.5) is 0 Å². The van der Waals surface area contributed by atoms with Crippen LogP contribution >= 0.6 is 31.9 Å². The largest absolute Gasteiger partial charge is 0.359 e. The summed E-state index contributed by atoms with van der Waals surface area (Å²) in [5.74, 6) is 0. The summed E-state index contributed by atoms with van der Waals surface area (Å²) in [6.45, 7) is 0. The van der Waals surface area contributed by atoms with Crippen molar-refractivity contribution in [3.8, 4) is 0 Å². The molecule has 0 amide bonds. The lowest BCUT2D eigenvalue weighted by Crippen LogP contribution is -2.15. The zero-order valence-electron chi connectivity index (χ0n) is 7.63. The van der Waals surface area contributed by atoms with E-state index in [2.05, 4.69) is 56.1 Å². The van der Waals surface area contributed by atoms with Gasteiger partial charge in [0.15, 0.2) is 0 Å². The van der Waals surface area contributed by atoms with Gasteiger partial charge in [0, 0.05) is 20.1 Å². The molecule has 1 heterocycles. The van der Waals surface area contributed by atoms with Gasteiger partial charge in [-0.3, -0.25) is 0 Å². The number of ether oxygens (including phenoxy) is 1. The number of rotatable bonds is 0. The lowest BCUT2D eigenvalue weighted by atomic mass is 9.76. The molecule has 1 aromatic carbocycles. The molecule has 1 nitrogen and oxygen atoms in total. The highest BCUT2D eigenvalue weighted by atomic mass is 79.9. The van der Waals surface area contributed by atoms with Gasteiger partial charge in [-0.05, 0) is 23.3 Å². The van der Waals surface area contributed by atoms with Gasteiger partial charge < -0.3 is 4.74 Å². The summed E-state index contributed by atoms with van der Waals surface area (Å²) in [4.78, 5) is 0. The minimum absolute atomic E-state index is 0.281. The van der Waals surface area contributed by atoms with Crippen LogP contribution in [0, 0.1) is 0 Å². The molecule has 74 valence electrons. The van der Waals surface area contributed by atoms with E-state index in [1.807, 2.05) is 0 Å². The molecule has 1 fully saturated rings. The molecule has 4 rings (SSSR count). The molecular weight excluding hydrogens is 320 g/mol. The van der Waals surface area contributed by atoms with Crippen molar-refractivity contribution in [1.29, 1.82) is 0 Å². The Hall–Kier alpha value is -0.380. The Labute approximate surface area is 104 Å². The fourth-order valence-corrected chi connectivity index (χ4v) is 3.61. The van der Waals surface area contributed by atoms with Gasteiger partial charge in [0.25, 0.3) is 0 Å². The maximum atomic E-state index is 5.64. The second-order valence-corrected chi connectivity index (χ2v) is 5.77. The Kier molecular flexibility index (Phi) is 1.54. The Morgan fingerprint density at radius 3 is 2.87 bits per heavy atom. The quantitative estimate of drug-likeness (QED) is 0.662. The van der Waals surface area contributed by atoms with Gasteiger partial charge >= 0.3 is 0 Å². The average molecular weight is 326 g/mol. The van der Waals surface area contributed by atoms with Gasteiger partial charge in [-0.2, -0.15) is 0 Å². The van der Waals surface area contributed by atoms with Crippen LogP contribution in [0.2, 0.25) is 0 Å². The van der Waals surface area contributed by atoms with Crippen molar-refractivity contribution in [2.45, 2.75) is 12.2 Å². The van der Waals surface area contributed by atoms with Crippen LogP contribution in [-0.4, -0.2) is 12.2 Å². The standard InChI is InChI=1S/C12H6Br2O/c13-7-3-1-2-5-6-4-8(14)11-12(15-11)10(6)9(5)7/h1-4,11-12H. The van der Waals surface area contributed by atoms with Crippen LogP contribution in [0.3, 0.4) is 0 Å². The minimum atomic E-state index is 0.281. The van der Waals surface area contributed by atoms with Crippen molar-refractivity contribution >= 4 is 43.0 Å². The van der Waals surface area contributed by atoms with Crippen LogP contribution in [-0.2, 0) is 4.74 Å². The van der Waals surface area contributed by atoms with E-state index in [4.69, 9.17) is 4.74 Å². The van der Waals surface area contributed by atoms with Gasteiger partial charge in [-0.1, -0.05) is 44.0 Å². The number of halogens is 2. The van der Waals surface area contributed by atoms with Crippen molar-refractivity contribution in [2.75, 3.05) is 0 Å². The second kappa shape index (κ2) is 2.65. The summed E-state index contributed by atoms with van der Waals surface area (Å²) < 4.78 is 8.00. The van der Waals surface area contributed by atoms with Crippen LogP contribution in [0.5, 0.6) is 0 Å². The monoisotopic (exact) mass is 324 g/mol. The predicted molar refractivity (Wildman–Crippen MR) is 66.6 cm³/mol. The Bertz CT molecular complexity index is 557. The van der Waals surface area contributed by atoms with E-state index >= 15 is 0 Å². The normalized spacial score (nSPS) is 29.9. The molecule has 0 N–H and O–H groups in total. The summed E-state index contributed by atoms with van der Waals surface area (Å²) in [7, 11) is 0. The summed E-state index contributed by atoms with van der Waals surface area (Å²) in [6, 6.07) is 6.33. The first-order valence-electron chi connectivity index (χ1n) is 4.83. The number of allylic oxidation sites excluding steroid dienone is 2. The third kappa shape index (κ3) is 0.967. The molecule has 1 aromatic rings. The van der Waals surface area contributed by atoms with Crippen LogP contribution in [0.25, 0.3) is 11.1 Å². The van der Waals surface area contributed by atoms with Crippen LogP contribution in [0.1, 0.15) is 11.1 Å². The Morgan fingerprint density at radius 2 is 2.00 bits per heavy atom. The molecule has 0 saturated carbocycles. The number of benzene rings is 1. The van der Waals surface area contributed by atoms with Gasteiger partial charge in [-0.25, -0.2) is 0 Å². The zero-order chi connectivity index (χ0) is 10.2. The van der Waals surface area contributed by atoms with Gasteiger partial charge in [-0.15, -0.1) is 0 Å². The van der Waals surface area contributed by atoms with E-state index in [0.29, 0.717) is 6.10 Å². The molecule has 15 heavy (non-hydrogen) atoms. The molecule has 0 radical (unpaired) electrons. The average Bonchev–Trinajstić information content (AvgIpc) is 2.96. The van der Waals surface area contributed by atoms with E-state index in [1.54, 1.807) is 0 Å². The molecule has 0 bridgehead atoms. The first kappa shape index (κ1) is 8.74. The molecule has 3 aliphatic rings. The highest BCUT2D eigenvalue weighted by molar-refractivity contribution is 9.11. The molecule has 3 heteroatoms. The summed E-state index contributed by atoms with van der Waals surface area (Å²) in [5, 5.41) is 0. The topological polar surface area (TPSA) is 12.5 Å². The lowest BCUT2D eigenvalue weighted by Gasteiger charge is -2.28. The van der Waals surface area contributed by atoms with Crippen molar-refractivity contribution in [3.63, 3.8) is 0 Å². The number of hydrogen-bond acceptors (Lipinski definition) is 1. The molecule has 1 aliphatic heterocycles. The lowest BCUT2D eigenvalue weighted by molar-refractivity contribution is 0.416. The maximum Gasteiger partial charge on any atom is 0.120 e. The molecule has 0 aromatic heterocycles. The molecule has 2 aliphatic carbocycles. The fourth-order valence-electron chi connectivity index (χ4n) is 2.45. The van der Waals surface area contributed by atoms with Crippen molar-refractivity contribution in [2.24, 2.45) is 0 Å². The van der Waals surface area contributed by atoms with Gasteiger partial charge in [0.05, 0.1) is 0 Å². The molecule has 0 spiro atoms. The maximum absolute atomic E-state index is 5.64. The minimum Gasteiger partial charge on any atom is -0.359 e. The Morgan fingerprint density at radius 1 is 1.13 bits per heavy atom. The van der Waals surface area contributed by atoms with Gasteiger partial charge in [0.2, 0.25) is 0 Å². The van der Waals surface area contributed by atoms with E-state index < -0.39 is 0 Å². The van der Waals surface area contributed by atoms with E-state index in [9.17, 15) is 0 Å². The summed E-state index contributed by atoms with van der Waals surface area (Å²) >= 11 is 7.16. The third-order valence-electron chi connectivity index (χ3n) is 3.19. The van der Waals surface area contributed by atoms with Gasteiger partial charge in [0.1, 0.15) is 12.2 Å². The van der Waals surface area contributed by atoms with E-state index in [1.165, 1.54) is 31.2 Å². The second-order valence-electron chi connectivity index (χ2n) is 4.00. The number of hydrogen-bond donors (Lipinski definition) is 0. The molecule has 1 saturated heterocycles. The summed E-state index contributed by atoms with van der Waals surface area (Å²) in [6.07, 6.45) is 2.77. The van der Waals surface area contributed by atoms with Crippen molar-refractivity contribution < 1.29 is 4.74 Å². The number of epoxide rings is 1. The SMILES string of the molecule is BrC1=CC2=C(c3c(Br)cccc32)C2OC12. The van der Waals surface area contributed by atoms with E-state index in [-0.39, 0.29) is 6.10 Å². The third-order valence-corrected chi connectivity index (χ3v) is 4.53. The van der Waals surface area contributed by atoms with Crippen molar-refractivity contribution in [3.05, 3.63) is 44.4 Å². The number of fused-ring (bicyclic) bond motifs is 5.